The number of amides is 2. The molecule has 2 unspecified atom stereocenters. The lowest BCUT2D eigenvalue weighted by molar-refractivity contribution is 0.223. The lowest BCUT2D eigenvalue weighted by Gasteiger charge is -2.25. The van der Waals surface area contributed by atoms with E-state index < -0.39 is 0 Å². The number of urea groups is 1. The van der Waals surface area contributed by atoms with Gasteiger partial charge in [-0.15, -0.1) is 0 Å². The predicted octanol–water partition coefficient (Wildman–Crippen LogP) is 2.14. The van der Waals surface area contributed by atoms with E-state index in [1.54, 1.807) is 0 Å². The molecule has 24 heavy (non-hydrogen) atoms. The van der Waals surface area contributed by atoms with Gasteiger partial charge in [0.15, 0.2) is 0 Å². The summed E-state index contributed by atoms with van der Waals surface area (Å²) in [5, 5.41) is 8.13. The normalized spacial score (nSPS) is 23.1. The lowest BCUT2D eigenvalue weighted by atomic mass is 10.0. The van der Waals surface area contributed by atoms with Gasteiger partial charge in [-0.05, 0) is 37.4 Å². The number of carbonyl (C=O) groups excluding carboxylic acids is 1. The van der Waals surface area contributed by atoms with Gasteiger partial charge in [0.2, 0.25) is 0 Å². The van der Waals surface area contributed by atoms with Gasteiger partial charge in [0, 0.05) is 37.1 Å². The van der Waals surface area contributed by atoms with Crippen molar-refractivity contribution in [2.24, 2.45) is 5.92 Å². The van der Waals surface area contributed by atoms with Crippen LogP contribution in [0, 0.1) is 5.92 Å². The van der Waals surface area contributed by atoms with Crippen molar-refractivity contribution in [1.82, 2.24) is 15.6 Å². The topological polar surface area (TPSA) is 66.5 Å². The standard InChI is InChI=1S/C18H22N4O2/c1-11(2)24-14-4-3-12-5-6-19-17(15(12)7-14)22-9-13-8-20-18(23)21-16(13)10-22/h3-7,11,13,16H,8-10H2,1-2H3,(H2,20,21,23). The third-order valence-electron chi connectivity index (χ3n) is 4.67. The largest absolute Gasteiger partial charge is 0.491 e. The highest BCUT2D eigenvalue weighted by Crippen LogP contribution is 2.32. The number of rotatable bonds is 3. The molecular formula is C18H22N4O2. The first-order chi connectivity index (χ1) is 11.6. The molecule has 6 heteroatoms. The molecule has 4 rings (SSSR count). The van der Waals surface area contributed by atoms with Crippen LogP contribution in [0.5, 0.6) is 5.75 Å². The van der Waals surface area contributed by atoms with Crippen molar-refractivity contribution in [3.63, 3.8) is 0 Å². The second-order valence-corrected chi connectivity index (χ2v) is 6.81. The summed E-state index contributed by atoms with van der Waals surface area (Å²) in [6.07, 6.45) is 1.98. The molecule has 126 valence electrons. The molecular weight excluding hydrogens is 304 g/mol. The van der Waals surface area contributed by atoms with Gasteiger partial charge in [-0.2, -0.15) is 0 Å². The summed E-state index contributed by atoms with van der Waals surface area (Å²) in [5.74, 6) is 2.23. The fourth-order valence-electron chi connectivity index (χ4n) is 3.59. The van der Waals surface area contributed by atoms with Crippen molar-refractivity contribution in [3.05, 3.63) is 30.5 Å². The number of hydrogen-bond acceptors (Lipinski definition) is 4. The number of nitrogens with one attached hydrogen (secondary N) is 2. The van der Waals surface area contributed by atoms with E-state index >= 15 is 0 Å². The van der Waals surface area contributed by atoms with Crippen molar-refractivity contribution in [2.45, 2.75) is 26.0 Å². The zero-order valence-electron chi connectivity index (χ0n) is 14.0. The molecule has 2 aromatic rings. The first kappa shape index (κ1) is 15.1. The van der Waals surface area contributed by atoms with Crippen LogP contribution in [-0.2, 0) is 0 Å². The molecule has 0 aliphatic carbocycles. The molecule has 0 radical (unpaired) electrons. The van der Waals surface area contributed by atoms with E-state index in [-0.39, 0.29) is 18.2 Å². The third kappa shape index (κ3) is 2.72. The average molecular weight is 326 g/mol. The maximum Gasteiger partial charge on any atom is 0.315 e. The van der Waals surface area contributed by atoms with E-state index in [2.05, 4.69) is 32.7 Å². The molecule has 2 N–H and O–H groups in total. The minimum atomic E-state index is -0.0726. The van der Waals surface area contributed by atoms with E-state index in [0.29, 0.717) is 5.92 Å². The first-order valence-electron chi connectivity index (χ1n) is 8.45. The van der Waals surface area contributed by atoms with Gasteiger partial charge >= 0.3 is 6.03 Å². The molecule has 1 aromatic carbocycles. The molecule has 3 heterocycles. The van der Waals surface area contributed by atoms with Crippen molar-refractivity contribution in [3.8, 4) is 5.75 Å². The maximum atomic E-state index is 11.5. The highest BCUT2D eigenvalue weighted by molar-refractivity contribution is 5.93. The van der Waals surface area contributed by atoms with Gasteiger partial charge in [0.05, 0.1) is 12.1 Å². The van der Waals surface area contributed by atoms with E-state index in [1.165, 1.54) is 0 Å². The number of benzene rings is 1. The van der Waals surface area contributed by atoms with Crippen LogP contribution in [0.15, 0.2) is 30.5 Å². The maximum absolute atomic E-state index is 11.5. The van der Waals surface area contributed by atoms with E-state index in [0.717, 1.165) is 42.0 Å². The molecule has 6 nitrogen and oxygen atoms in total. The van der Waals surface area contributed by atoms with Gasteiger partial charge in [-0.25, -0.2) is 9.78 Å². The van der Waals surface area contributed by atoms with Gasteiger partial charge in [0.25, 0.3) is 0 Å². The van der Waals surface area contributed by atoms with Crippen LogP contribution in [0.25, 0.3) is 10.8 Å². The summed E-state index contributed by atoms with van der Waals surface area (Å²) in [4.78, 5) is 18.4. The Morgan fingerprint density at radius 2 is 2.17 bits per heavy atom. The van der Waals surface area contributed by atoms with E-state index in [1.807, 2.05) is 32.2 Å². The number of carbonyl (C=O) groups is 1. The lowest BCUT2D eigenvalue weighted by Crippen LogP contribution is -2.54. The van der Waals surface area contributed by atoms with Gasteiger partial charge < -0.3 is 20.3 Å². The van der Waals surface area contributed by atoms with Crippen LogP contribution in [0.4, 0.5) is 10.6 Å². The highest BCUT2D eigenvalue weighted by Gasteiger charge is 2.37. The predicted molar refractivity (Wildman–Crippen MR) is 93.5 cm³/mol. The Balaban J connectivity index is 1.67. The van der Waals surface area contributed by atoms with Crippen LogP contribution >= 0.6 is 0 Å². The van der Waals surface area contributed by atoms with Gasteiger partial charge in [0.1, 0.15) is 11.6 Å². The smallest absolute Gasteiger partial charge is 0.315 e. The number of ether oxygens (including phenoxy) is 1. The molecule has 1 aromatic heterocycles. The second kappa shape index (κ2) is 5.85. The van der Waals surface area contributed by atoms with Crippen LogP contribution < -0.4 is 20.3 Å². The Kier molecular flexibility index (Phi) is 3.67. The molecule has 2 amide bonds. The molecule has 2 saturated heterocycles. The molecule has 2 atom stereocenters. The van der Waals surface area contributed by atoms with Crippen molar-refractivity contribution in [1.29, 1.82) is 0 Å². The van der Waals surface area contributed by atoms with Crippen molar-refractivity contribution < 1.29 is 9.53 Å². The van der Waals surface area contributed by atoms with Crippen LogP contribution in [0.2, 0.25) is 0 Å². The van der Waals surface area contributed by atoms with Crippen molar-refractivity contribution >= 4 is 22.6 Å². The summed E-state index contributed by atoms with van der Waals surface area (Å²) in [7, 11) is 0. The molecule has 0 saturated carbocycles. The first-order valence-corrected chi connectivity index (χ1v) is 8.45. The zero-order valence-corrected chi connectivity index (χ0v) is 14.0. The number of anilines is 1. The van der Waals surface area contributed by atoms with Crippen LogP contribution in [0.3, 0.4) is 0 Å². The van der Waals surface area contributed by atoms with Gasteiger partial charge in [-0.1, -0.05) is 6.07 Å². The minimum Gasteiger partial charge on any atom is -0.491 e. The number of hydrogen-bond donors (Lipinski definition) is 2. The molecule has 2 fully saturated rings. The fourth-order valence-corrected chi connectivity index (χ4v) is 3.59. The Morgan fingerprint density at radius 1 is 1.29 bits per heavy atom. The molecule has 0 spiro atoms. The summed E-state index contributed by atoms with van der Waals surface area (Å²) >= 11 is 0. The molecule has 0 bridgehead atoms. The van der Waals surface area contributed by atoms with Crippen LogP contribution in [-0.4, -0.2) is 42.8 Å². The number of aromatic nitrogens is 1. The number of pyridine rings is 1. The summed E-state index contributed by atoms with van der Waals surface area (Å²) in [6.45, 7) is 6.45. The zero-order chi connectivity index (χ0) is 16.7. The van der Waals surface area contributed by atoms with E-state index in [4.69, 9.17) is 4.74 Å². The highest BCUT2D eigenvalue weighted by atomic mass is 16.5. The monoisotopic (exact) mass is 326 g/mol. The number of fused-ring (bicyclic) bond motifs is 2. The average Bonchev–Trinajstić information content (AvgIpc) is 2.96. The minimum absolute atomic E-state index is 0.0726. The Morgan fingerprint density at radius 3 is 3.00 bits per heavy atom. The summed E-state index contributed by atoms with van der Waals surface area (Å²) in [5.41, 5.74) is 0. The van der Waals surface area contributed by atoms with Crippen molar-refractivity contribution in [2.75, 3.05) is 24.5 Å². The van der Waals surface area contributed by atoms with Gasteiger partial charge in [-0.3, -0.25) is 0 Å². The Labute approximate surface area is 141 Å². The van der Waals surface area contributed by atoms with Crippen LogP contribution in [0.1, 0.15) is 13.8 Å². The van der Waals surface area contributed by atoms with E-state index in [9.17, 15) is 4.79 Å². The third-order valence-corrected chi connectivity index (χ3v) is 4.67. The fraction of sp³-hybridized carbons (Fsp3) is 0.444. The Hall–Kier alpha value is -2.50. The number of nitrogens with zero attached hydrogens (tertiary/aromatic N) is 2. The molecule has 2 aliphatic rings. The summed E-state index contributed by atoms with van der Waals surface area (Å²) in [6, 6.07) is 8.27. The quantitative estimate of drug-likeness (QED) is 0.907. The Bertz CT molecular complexity index is 777. The second-order valence-electron chi connectivity index (χ2n) is 6.81. The summed E-state index contributed by atoms with van der Waals surface area (Å²) < 4.78 is 5.84. The molecule has 2 aliphatic heterocycles. The SMILES string of the molecule is CC(C)Oc1ccc2ccnc(N3CC4CNC(=O)NC4C3)c2c1.